The number of likely N-dealkylation sites (N-methyl/N-ethyl adjacent to an activating group) is 1. The van der Waals surface area contributed by atoms with Gasteiger partial charge >= 0.3 is 6.18 Å². The van der Waals surface area contributed by atoms with Crippen molar-refractivity contribution in [1.29, 1.82) is 0 Å². The van der Waals surface area contributed by atoms with Gasteiger partial charge < -0.3 is 19.7 Å². The molecule has 0 atom stereocenters. The number of H-pyrrole nitrogens is 1. The van der Waals surface area contributed by atoms with Crippen molar-refractivity contribution in [2.45, 2.75) is 32.0 Å². The van der Waals surface area contributed by atoms with Crippen molar-refractivity contribution < 1.29 is 13.2 Å². The summed E-state index contributed by atoms with van der Waals surface area (Å²) in [6.07, 6.45) is 3.37. The average Bonchev–Trinajstić information content (AvgIpc) is 3.56. The molecule has 2 saturated heterocycles. The molecule has 2 aliphatic rings. The quantitative estimate of drug-likeness (QED) is 0.401. The molecule has 6 rings (SSSR count). The molecule has 11 heteroatoms. The van der Waals surface area contributed by atoms with Crippen LogP contribution in [0.15, 0.2) is 36.8 Å². The van der Waals surface area contributed by atoms with Gasteiger partial charge in [0.25, 0.3) is 0 Å². The normalized spacial score (nSPS) is 18.4. The zero-order chi connectivity index (χ0) is 27.3. The fourth-order valence-corrected chi connectivity index (χ4v) is 5.83. The monoisotopic (exact) mass is 538 g/mol. The minimum atomic E-state index is -4.49. The highest BCUT2D eigenvalue weighted by atomic mass is 19.4. The fourth-order valence-electron chi connectivity index (χ4n) is 5.83. The molecule has 0 radical (unpaired) electrons. The number of anilines is 1. The Morgan fingerprint density at radius 3 is 2.33 bits per heavy atom. The lowest BCUT2D eigenvalue weighted by molar-refractivity contribution is -0.137. The van der Waals surface area contributed by atoms with Crippen LogP contribution in [-0.2, 0) is 6.18 Å². The van der Waals surface area contributed by atoms with Gasteiger partial charge in [0.1, 0.15) is 0 Å². The molecule has 3 aromatic heterocycles. The Balaban J connectivity index is 1.36. The smallest absolute Gasteiger partial charge is 0.368 e. The molecule has 2 fully saturated rings. The number of aryl methyl sites for hydroxylation is 1. The van der Waals surface area contributed by atoms with Crippen LogP contribution in [0.5, 0.6) is 0 Å². The third kappa shape index (κ3) is 5.00. The number of aromatic amines is 1. The second-order valence-electron chi connectivity index (χ2n) is 10.9. The van der Waals surface area contributed by atoms with E-state index in [4.69, 9.17) is 0 Å². The molecule has 39 heavy (non-hydrogen) atoms. The molecule has 0 spiro atoms. The van der Waals surface area contributed by atoms with Crippen LogP contribution in [0.2, 0.25) is 0 Å². The maximum atomic E-state index is 14.3. The van der Waals surface area contributed by atoms with Gasteiger partial charge in [-0.3, -0.25) is 4.68 Å². The molecule has 4 aromatic rings. The van der Waals surface area contributed by atoms with Crippen molar-refractivity contribution in [3.8, 4) is 22.4 Å². The number of nitrogens with one attached hydrogen (secondary N) is 1. The van der Waals surface area contributed by atoms with E-state index in [1.165, 1.54) is 6.07 Å². The van der Waals surface area contributed by atoms with E-state index in [1.807, 2.05) is 35.1 Å². The first-order valence-corrected chi connectivity index (χ1v) is 13.4. The third-order valence-electron chi connectivity index (χ3n) is 8.13. The lowest BCUT2D eigenvalue weighted by Crippen LogP contribution is -2.45. The molecule has 8 nitrogen and oxygen atoms in total. The van der Waals surface area contributed by atoms with Crippen LogP contribution in [0, 0.1) is 6.92 Å². The van der Waals surface area contributed by atoms with Crippen molar-refractivity contribution in [3.05, 3.63) is 47.9 Å². The second kappa shape index (κ2) is 9.95. The number of piperazine rings is 1. The Bertz CT molecular complexity index is 1470. The standard InChI is InChI=1S/C28H33F3N8/c1-18-12-19(13-24(28(29,30)31)26(18)38-10-8-37(3)9-11-38)25-14-22-23(16-32-27(22)35-34-25)20-15-33-39(17-20)21-4-6-36(2)7-5-21/h12-17,21H,4-11H2,1-3H3,(H,32,35). The maximum absolute atomic E-state index is 14.3. The van der Waals surface area contributed by atoms with Crippen molar-refractivity contribution in [2.75, 3.05) is 58.3 Å². The van der Waals surface area contributed by atoms with Gasteiger partial charge in [0.2, 0.25) is 0 Å². The first kappa shape index (κ1) is 25.8. The number of likely N-dealkylation sites (tertiary alicyclic amines) is 1. The van der Waals surface area contributed by atoms with Crippen molar-refractivity contribution >= 4 is 16.7 Å². The SMILES string of the molecule is Cc1cc(-c2cc3c(-c4cnn(C5CCN(C)CC5)c4)c[nH]c3nn2)cc(C(F)(F)F)c1N1CCN(C)CC1. The third-order valence-corrected chi connectivity index (χ3v) is 8.13. The number of benzene rings is 1. The van der Waals surface area contributed by atoms with Crippen molar-refractivity contribution in [1.82, 2.24) is 34.8 Å². The van der Waals surface area contributed by atoms with Gasteiger partial charge in [0.15, 0.2) is 5.65 Å². The van der Waals surface area contributed by atoms with Crippen LogP contribution in [0.4, 0.5) is 18.9 Å². The van der Waals surface area contributed by atoms with Gasteiger partial charge in [0, 0.05) is 60.6 Å². The Hall–Kier alpha value is -3.44. The summed E-state index contributed by atoms with van der Waals surface area (Å²) in [4.78, 5) is 9.46. The minimum absolute atomic E-state index is 0.261. The van der Waals surface area contributed by atoms with E-state index in [1.54, 1.807) is 13.0 Å². The van der Waals surface area contributed by atoms with Gasteiger partial charge in [-0.25, -0.2) is 0 Å². The molecule has 0 bridgehead atoms. The molecule has 1 N–H and O–H groups in total. The molecule has 0 unspecified atom stereocenters. The van der Waals surface area contributed by atoms with E-state index in [0.717, 1.165) is 55.5 Å². The van der Waals surface area contributed by atoms with E-state index in [-0.39, 0.29) is 5.69 Å². The van der Waals surface area contributed by atoms with Crippen molar-refractivity contribution in [2.24, 2.45) is 0 Å². The topological polar surface area (TPSA) is 69.1 Å². The van der Waals surface area contributed by atoms with Gasteiger partial charge in [0.05, 0.1) is 29.2 Å². The van der Waals surface area contributed by atoms with E-state index in [0.29, 0.717) is 41.6 Å². The van der Waals surface area contributed by atoms with Crippen LogP contribution in [-0.4, -0.2) is 88.1 Å². The van der Waals surface area contributed by atoms with Gasteiger partial charge in [-0.2, -0.15) is 18.3 Å². The summed E-state index contributed by atoms with van der Waals surface area (Å²) in [6, 6.07) is 5.20. The predicted octanol–water partition coefficient (Wildman–Crippen LogP) is 4.83. The summed E-state index contributed by atoms with van der Waals surface area (Å²) in [5.41, 5.74) is 3.46. The summed E-state index contributed by atoms with van der Waals surface area (Å²) in [6.45, 7) is 6.40. The molecular weight excluding hydrogens is 505 g/mol. The first-order chi connectivity index (χ1) is 18.7. The number of fused-ring (bicyclic) bond motifs is 1. The van der Waals surface area contributed by atoms with Crippen LogP contribution in [0.3, 0.4) is 0 Å². The Morgan fingerprint density at radius 2 is 1.62 bits per heavy atom. The van der Waals surface area contributed by atoms with E-state index in [2.05, 4.69) is 43.3 Å². The van der Waals surface area contributed by atoms with Gasteiger partial charge in [-0.1, -0.05) is 0 Å². The average molecular weight is 539 g/mol. The van der Waals surface area contributed by atoms with Crippen LogP contribution in [0.1, 0.15) is 30.0 Å². The molecule has 0 amide bonds. The van der Waals surface area contributed by atoms with Gasteiger partial charge in [-0.05, 0) is 70.7 Å². The lowest BCUT2D eigenvalue weighted by atomic mass is 9.98. The minimum Gasteiger partial charge on any atom is -0.368 e. The number of halogens is 3. The summed E-state index contributed by atoms with van der Waals surface area (Å²) >= 11 is 0. The summed E-state index contributed by atoms with van der Waals surface area (Å²) in [5.74, 6) is 0. The molecular formula is C28H33F3N8. The van der Waals surface area contributed by atoms with Crippen LogP contribution < -0.4 is 4.90 Å². The molecule has 0 aliphatic carbocycles. The van der Waals surface area contributed by atoms with Crippen LogP contribution in [0.25, 0.3) is 33.4 Å². The first-order valence-electron chi connectivity index (χ1n) is 13.4. The van der Waals surface area contributed by atoms with E-state index < -0.39 is 11.7 Å². The zero-order valence-corrected chi connectivity index (χ0v) is 22.5. The molecule has 0 saturated carbocycles. The number of piperidine rings is 1. The highest BCUT2D eigenvalue weighted by Gasteiger charge is 2.37. The maximum Gasteiger partial charge on any atom is 0.418 e. The van der Waals surface area contributed by atoms with E-state index in [9.17, 15) is 13.2 Å². The van der Waals surface area contributed by atoms with Crippen molar-refractivity contribution in [3.63, 3.8) is 0 Å². The predicted molar refractivity (Wildman–Crippen MR) is 146 cm³/mol. The summed E-state index contributed by atoms with van der Waals surface area (Å²) in [5, 5.41) is 14.0. The number of nitrogens with zero attached hydrogens (tertiary/aromatic N) is 7. The summed E-state index contributed by atoms with van der Waals surface area (Å²) < 4.78 is 45.0. The number of hydrogen-bond donors (Lipinski definition) is 1. The highest BCUT2D eigenvalue weighted by molar-refractivity contribution is 5.95. The highest BCUT2D eigenvalue weighted by Crippen LogP contribution is 2.42. The molecule has 5 heterocycles. The number of aromatic nitrogens is 5. The zero-order valence-electron chi connectivity index (χ0n) is 22.5. The summed E-state index contributed by atoms with van der Waals surface area (Å²) in [7, 11) is 4.12. The fraction of sp³-hybridized carbons (Fsp3) is 0.464. The Morgan fingerprint density at radius 1 is 0.897 bits per heavy atom. The second-order valence-corrected chi connectivity index (χ2v) is 10.9. The van der Waals surface area contributed by atoms with Gasteiger partial charge in [-0.15, -0.1) is 10.2 Å². The lowest BCUT2D eigenvalue weighted by Gasteiger charge is -2.36. The van der Waals surface area contributed by atoms with Crippen LogP contribution >= 0.6 is 0 Å². The largest absolute Gasteiger partial charge is 0.418 e. The molecule has 1 aromatic carbocycles. The Labute approximate surface area is 225 Å². The number of rotatable bonds is 4. The molecule has 206 valence electrons. The molecule has 2 aliphatic heterocycles. The van der Waals surface area contributed by atoms with E-state index >= 15 is 0 Å². The Kier molecular flexibility index (Phi) is 6.58. The number of hydrogen-bond acceptors (Lipinski definition) is 6. The number of alkyl halides is 3.